The average Bonchev–Trinajstić information content (AvgIpc) is 2.67. The molecule has 0 saturated heterocycles. The van der Waals surface area contributed by atoms with Crippen LogP contribution in [0, 0.1) is 17.8 Å². The van der Waals surface area contributed by atoms with E-state index >= 15 is 0 Å². The van der Waals surface area contributed by atoms with Crippen LogP contribution in [0.2, 0.25) is 0 Å². The minimum atomic E-state index is 0.306. The summed E-state index contributed by atoms with van der Waals surface area (Å²) in [5.41, 5.74) is 0. The molecule has 1 nitrogen and oxygen atoms in total. The summed E-state index contributed by atoms with van der Waals surface area (Å²) in [5, 5.41) is 8.14. The van der Waals surface area contributed by atoms with Crippen LogP contribution in [-0.2, 0) is 0 Å². The zero-order valence-electron chi connectivity index (χ0n) is 8.16. The third kappa shape index (κ3) is 2.98. The Kier molecular flexibility index (Phi) is 3.80. The van der Waals surface area contributed by atoms with Gasteiger partial charge in [-0.05, 0) is 37.0 Å². The topological polar surface area (TPSA) is 20.2 Å². The Morgan fingerprint density at radius 2 is 1.67 bits per heavy atom. The van der Waals surface area contributed by atoms with Crippen molar-refractivity contribution in [1.29, 1.82) is 0 Å². The minimum absolute atomic E-state index is 0.306. The molecule has 0 heterocycles. The van der Waals surface area contributed by atoms with Crippen LogP contribution in [0.5, 0.6) is 0 Å². The summed E-state index contributed by atoms with van der Waals surface area (Å²) < 4.78 is 0. The van der Waals surface area contributed by atoms with Gasteiger partial charge in [0.1, 0.15) is 0 Å². The van der Waals surface area contributed by atoms with Crippen LogP contribution in [0.3, 0.4) is 0 Å². The van der Waals surface area contributed by atoms with E-state index in [0.29, 0.717) is 12.5 Å². The van der Waals surface area contributed by atoms with Gasteiger partial charge in [-0.15, -0.1) is 0 Å². The lowest BCUT2D eigenvalue weighted by Crippen LogP contribution is -1.90. The third-order valence-electron chi connectivity index (χ3n) is 2.53. The lowest BCUT2D eigenvalue weighted by Gasteiger charge is -1.96. The zero-order valence-corrected chi connectivity index (χ0v) is 8.16. The SMILES string of the molecule is C1=CC2CCC1C2.CC(C)CO. The van der Waals surface area contributed by atoms with Gasteiger partial charge >= 0.3 is 0 Å². The first-order valence-electron chi connectivity index (χ1n) is 5.01. The Morgan fingerprint density at radius 1 is 1.25 bits per heavy atom. The van der Waals surface area contributed by atoms with E-state index in [1.54, 1.807) is 0 Å². The lowest BCUT2D eigenvalue weighted by molar-refractivity contribution is 0.248. The molecule has 2 bridgehead atoms. The molecule has 1 N–H and O–H groups in total. The van der Waals surface area contributed by atoms with Gasteiger partial charge in [-0.25, -0.2) is 0 Å². The quantitative estimate of drug-likeness (QED) is 0.597. The van der Waals surface area contributed by atoms with Crippen LogP contribution in [0.25, 0.3) is 0 Å². The van der Waals surface area contributed by atoms with Gasteiger partial charge in [0.05, 0.1) is 0 Å². The third-order valence-corrected chi connectivity index (χ3v) is 2.53. The van der Waals surface area contributed by atoms with Crippen molar-refractivity contribution in [1.82, 2.24) is 0 Å². The van der Waals surface area contributed by atoms with E-state index in [0.717, 1.165) is 11.8 Å². The number of hydrogen-bond donors (Lipinski definition) is 1. The summed E-state index contributed by atoms with van der Waals surface area (Å²) in [6.07, 6.45) is 9.19. The van der Waals surface area contributed by atoms with Crippen molar-refractivity contribution >= 4 is 0 Å². The highest BCUT2D eigenvalue weighted by Crippen LogP contribution is 2.38. The highest BCUT2D eigenvalue weighted by atomic mass is 16.3. The molecule has 1 fully saturated rings. The summed E-state index contributed by atoms with van der Waals surface area (Å²) in [6.45, 7) is 4.25. The lowest BCUT2D eigenvalue weighted by atomic mass is 10.1. The fourth-order valence-corrected chi connectivity index (χ4v) is 1.72. The average molecular weight is 168 g/mol. The minimum Gasteiger partial charge on any atom is -0.396 e. The Labute approximate surface area is 75.5 Å². The number of allylic oxidation sites excluding steroid dienone is 2. The molecule has 0 aromatic rings. The van der Waals surface area contributed by atoms with Crippen molar-refractivity contribution in [3.63, 3.8) is 0 Å². The highest BCUT2D eigenvalue weighted by molar-refractivity contribution is 5.06. The molecule has 0 spiro atoms. The molecule has 0 radical (unpaired) electrons. The van der Waals surface area contributed by atoms with Gasteiger partial charge in [0.15, 0.2) is 0 Å². The Bertz CT molecular complexity index is 137. The molecule has 0 aliphatic heterocycles. The molecule has 2 rings (SSSR count). The van der Waals surface area contributed by atoms with E-state index in [1.807, 2.05) is 13.8 Å². The van der Waals surface area contributed by atoms with Crippen molar-refractivity contribution in [3.05, 3.63) is 12.2 Å². The first kappa shape index (κ1) is 9.79. The van der Waals surface area contributed by atoms with Crippen LogP contribution in [-0.4, -0.2) is 11.7 Å². The predicted octanol–water partition coefficient (Wildman–Crippen LogP) is 2.61. The van der Waals surface area contributed by atoms with Gasteiger partial charge < -0.3 is 5.11 Å². The monoisotopic (exact) mass is 168 g/mol. The van der Waals surface area contributed by atoms with Crippen LogP contribution in [0.15, 0.2) is 12.2 Å². The first-order chi connectivity index (χ1) is 5.72. The van der Waals surface area contributed by atoms with Crippen molar-refractivity contribution in [2.45, 2.75) is 33.1 Å². The van der Waals surface area contributed by atoms with E-state index in [1.165, 1.54) is 19.3 Å². The second kappa shape index (κ2) is 4.66. The number of fused-ring (bicyclic) bond motifs is 2. The Morgan fingerprint density at radius 3 is 1.75 bits per heavy atom. The molecule has 0 amide bonds. The van der Waals surface area contributed by atoms with Crippen LogP contribution < -0.4 is 0 Å². The number of rotatable bonds is 1. The molecule has 12 heavy (non-hydrogen) atoms. The number of hydrogen-bond acceptors (Lipinski definition) is 1. The van der Waals surface area contributed by atoms with Crippen LogP contribution in [0.4, 0.5) is 0 Å². The van der Waals surface area contributed by atoms with Crippen LogP contribution in [0.1, 0.15) is 33.1 Å². The smallest absolute Gasteiger partial charge is 0.0453 e. The molecule has 70 valence electrons. The molecule has 2 aliphatic rings. The first-order valence-corrected chi connectivity index (χ1v) is 5.01. The Hall–Kier alpha value is -0.300. The Balaban J connectivity index is 0.000000130. The summed E-state index contributed by atoms with van der Waals surface area (Å²) >= 11 is 0. The summed E-state index contributed by atoms with van der Waals surface area (Å²) in [5.74, 6) is 2.42. The van der Waals surface area contributed by atoms with Crippen LogP contribution >= 0.6 is 0 Å². The van der Waals surface area contributed by atoms with Gasteiger partial charge in [-0.2, -0.15) is 0 Å². The summed E-state index contributed by atoms with van der Waals surface area (Å²) in [6, 6.07) is 0. The molecule has 0 aromatic heterocycles. The number of aliphatic hydroxyl groups is 1. The normalized spacial score (nSPS) is 30.7. The molecular weight excluding hydrogens is 148 g/mol. The largest absolute Gasteiger partial charge is 0.396 e. The molecule has 2 aliphatic carbocycles. The van der Waals surface area contributed by atoms with Gasteiger partial charge in [0.2, 0.25) is 0 Å². The molecule has 0 aromatic carbocycles. The standard InChI is InChI=1S/C7H10.C4H10O/c1-2-7-4-3-6(1)5-7;1-4(2)3-5/h1-2,6-7H,3-5H2;4-5H,3H2,1-2H3. The maximum atomic E-state index is 8.14. The van der Waals surface area contributed by atoms with Crippen molar-refractivity contribution in [2.24, 2.45) is 17.8 Å². The van der Waals surface area contributed by atoms with Crippen molar-refractivity contribution < 1.29 is 5.11 Å². The molecule has 1 heteroatoms. The van der Waals surface area contributed by atoms with E-state index in [9.17, 15) is 0 Å². The molecule has 2 unspecified atom stereocenters. The number of aliphatic hydroxyl groups excluding tert-OH is 1. The summed E-state index contributed by atoms with van der Waals surface area (Å²) in [7, 11) is 0. The highest BCUT2D eigenvalue weighted by Gasteiger charge is 2.25. The van der Waals surface area contributed by atoms with Gasteiger partial charge in [0, 0.05) is 6.61 Å². The predicted molar refractivity (Wildman–Crippen MR) is 51.9 cm³/mol. The van der Waals surface area contributed by atoms with Gasteiger partial charge in [0.25, 0.3) is 0 Å². The fourth-order valence-electron chi connectivity index (χ4n) is 1.72. The van der Waals surface area contributed by atoms with Crippen molar-refractivity contribution in [2.75, 3.05) is 6.61 Å². The van der Waals surface area contributed by atoms with Gasteiger partial charge in [-0.3, -0.25) is 0 Å². The van der Waals surface area contributed by atoms with Gasteiger partial charge in [-0.1, -0.05) is 26.0 Å². The second-order valence-corrected chi connectivity index (χ2v) is 4.29. The molecule has 2 atom stereocenters. The maximum absolute atomic E-state index is 8.14. The maximum Gasteiger partial charge on any atom is 0.0453 e. The van der Waals surface area contributed by atoms with E-state index < -0.39 is 0 Å². The van der Waals surface area contributed by atoms with E-state index in [-0.39, 0.29) is 0 Å². The van der Waals surface area contributed by atoms with E-state index in [4.69, 9.17) is 5.11 Å². The fraction of sp³-hybridized carbons (Fsp3) is 0.818. The zero-order chi connectivity index (χ0) is 8.97. The molecule has 1 saturated carbocycles. The summed E-state index contributed by atoms with van der Waals surface area (Å²) in [4.78, 5) is 0. The van der Waals surface area contributed by atoms with E-state index in [2.05, 4.69) is 12.2 Å². The van der Waals surface area contributed by atoms with Crippen molar-refractivity contribution in [3.8, 4) is 0 Å². The second-order valence-electron chi connectivity index (χ2n) is 4.29. The molecular formula is C11H20O.